The highest BCUT2D eigenvalue weighted by Crippen LogP contribution is 2.27. The summed E-state index contributed by atoms with van der Waals surface area (Å²) in [4.78, 5) is 4.09. The van der Waals surface area contributed by atoms with Gasteiger partial charge in [0.1, 0.15) is 5.82 Å². The highest BCUT2D eigenvalue weighted by atomic mass is 15.0. The quantitative estimate of drug-likeness (QED) is 0.716. The molecule has 1 heterocycles. The molecule has 4 heteroatoms. The zero-order valence-corrected chi connectivity index (χ0v) is 9.07. The van der Waals surface area contributed by atoms with E-state index in [2.05, 4.69) is 10.3 Å². The monoisotopic (exact) mass is 214 g/mol. The Morgan fingerprint density at radius 3 is 2.50 bits per heavy atom. The Morgan fingerprint density at radius 1 is 1.12 bits per heavy atom. The van der Waals surface area contributed by atoms with Crippen LogP contribution in [0.15, 0.2) is 36.4 Å². The maximum absolute atomic E-state index is 5.85. The van der Waals surface area contributed by atoms with Crippen LogP contribution in [0.2, 0.25) is 0 Å². The van der Waals surface area contributed by atoms with Crippen LogP contribution in [0.5, 0.6) is 0 Å². The number of anilines is 4. The number of hydrogen-bond acceptors (Lipinski definition) is 4. The molecule has 0 aliphatic heterocycles. The van der Waals surface area contributed by atoms with Crippen molar-refractivity contribution in [1.29, 1.82) is 0 Å². The molecule has 0 amide bonds. The number of benzene rings is 1. The van der Waals surface area contributed by atoms with Crippen LogP contribution < -0.4 is 16.8 Å². The number of rotatable bonds is 2. The minimum Gasteiger partial charge on any atom is -0.394 e. The first kappa shape index (κ1) is 10.3. The van der Waals surface area contributed by atoms with E-state index in [0.717, 1.165) is 17.1 Å². The molecular weight excluding hydrogens is 200 g/mol. The van der Waals surface area contributed by atoms with Gasteiger partial charge in [-0.05, 0) is 25.1 Å². The number of nitrogens with two attached hydrogens (primary N) is 2. The molecule has 1 aromatic carbocycles. The SMILES string of the molecule is Cc1cc(Nc2ccccc2)c(N)c(N)n1. The van der Waals surface area contributed by atoms with Gasteiger partial charge in [-0.15, -0.1) is 0 Å². The molecule has 5 N–H and O–H groups in total. The number of aromatic nitrogens is 1. The largest absolute Gasteiger partial charge is 0.394 e. The topological polar surface area (TPSA) is 77.0 Å². The van der Waals surface area contributed by atoms with Gasteiger partial charge in [-0.2, -0.15) is 0 Å². The van der Waals surface area contributed by atoms with Crippen molar-refractivity contribution in [2.45, 2.75) is 6.92 Å². The lowest BCUT2D eigenvalue weighted by Gasteiger charge is -2.11. The molecule has 2 rings (SSSR count). The summed E-state index contributed by atoms with van der Waals surface area (Å²) in [6.07, 6.45) is 0. The first-order valence-electron chi connectivity index (χ1n) is 5.01. The number of nitrogen functional groups attached to an aromatic ring is 2. The number of pyridine rings is 1. The fraction of sp³-hybridized carbons (Fsp3) is 0.0833. The summed E-state index contributed by atoms with van der Waals surface area (Å²) in [5.74, 6) is 0.360. The third-order valence-electron chi connectivity index (χ3n) is 2.27. The first-order valence-corrected chi connectivity index (χ1v) is 5.01. The molecule has 16 heavy (non-hydrogen) atoms. The van der Waals surface area contributed by atoms with E-state index in [1.54, 1.807) is 0 Å². The molecule has 0 aliphatic rings. The Morgan fingerprint density at radius 2 is 1.81 bits per heavy atom. The second kappa shape index (κ2) is 4.10. The Bertz CT molecular complexity index is 494. The van der Waals surface area contributed by atoms with E-state index in [1.807, 2.05) is 43.3 Å². The summed E-state index contributed by atoms with van der Waals surface area (Å²) in [5.41, 5.74) is 14.6. The summed E-state index contributed by atoms with van der Waals surface area (Å²) in [6, 6.07) is 11.7. The molecule has 4 nitrogen and oxygen atoms in total. The Hall–Kier alpha value is -2.23. The number of aryl methyl sites for hydroxylation is 1. The maximum atomic E-state index is 5.85. The van der Waals surface area contributed by atoms with E-state index in [1.165, 1.54) is 0 Å². The molecule has 0 saturated heterocycles. The molecule has 0 spiro atoms. The Kier molecular flexibility index (Phi) is 2.64. The van der Waals surface area contributed by atoms with Crippen molar-refractivity contribution in [3.63, 3.8) is 0 Å². The minimum absolute atomic E-state index is 0.360. The lowest BCUT2D eigenvalue weighted by atomic mass is 10.2. The number of nitrogens with one attached hydrogen (secondary N) is 1. The van der Waals surface area contributed by atoms with Gasteiger partial charge in [0.15, 0.2) is 0 Å². The van der Waals surface area contributed by atoms with Crippen LogP contribution in [-0.4, -0.2) is 4.98 Å². The van der Waals surface area contributed by atoms with Gasteiger partial charge in [-0.1, -0.05) is 18.2 Å². The standard InChI is InChI=1S/C12H14N4/c1-8-7-10(11(13)12(14)15-8)16-9-5-3-2-4-6-9/h2-7H,13H2,1H3,(H3,14,15,16). The van der Waals surface area contributed by atoms with E-state index in [0.29, 0.717) is 11.5 Å². The van der Waals surface area contributed by atoms with Crippen LogP contribution in [-0.2, 0) is 0 Å². The summed E-state index contributed by atoms with van der Waals surface area (Å²) >= 11 is 0. The van der Waals surface area contributed by atoms with Crippen molar-refractivity contribution < 1.29 is 0 Å². The lowest BCUT2D eigenvalue weighted by Crippen LogP contribution is -2.03. The highest BCUT2D eigenvalue weighted by molar-refractivity contribution is 5.80. The van der Waals surface area contributed by atoms with E-state index >= 15 is 0 Å². The average molecular weight is 214 g/mol. The molecule has 0 fully saturated rings. The first-order chi connectivity index (χ1) is 7.66. The highest BCUT2D eigenvalue weighted by Gasteiger charge is 2.05. The van der Waals surface area contributed by atoms with Crippen LogP contribution in [0.1, 0.15) is 5.69 Å². The molecule has 0 saturated carbocycles. The van der Waals surface area contributed by atoms with E-state index in [9.17, 15) is 0 Å². The number of nitrogens with zero attached hydrogens (tertiary/aromatic N) is 1. The molecule has 2 aromatic rings. The summed E-state index contributed by atoms with van der Waals surface area (Å²) in [5, 5.41) is 3.21. The van der Waals surface area contributed by atoms with Crippen molar-refractivity contribution in [3.05, 3.63) is 42.1 Å². The summed E-state index contributed by atoms with van der Waals surface area (Å²) in [6.45, 7) is 1.88. The Balaban J connectivity index is 2.35. The molecule has 0 aliphatic carbocycles. The smallest absolute Gasteiger partial charge is 0.149 e. The van der Waals surface area contributed by atoms with E-state index in [-0.39, 0.29) is 0 Å². The van der Waals surface area contributed by atoms with Crippen LogP contribution in [0.25, 0.3) is 0 Å². The van der Waals surface area contributed by atoms with Crippen LogP contribution in [0.4, 0.5) is 22.9 Å². The summed E-state index contributed by atoms with van der Waals surface area (Å²) in [7, 11) is 0. The number of para-hydroxylation sites is 1. The predicted molar refractivity (Wildman–Crippen MR) is 67.5 cm³/mol. The molecule has 0 radical (unpaired) electrons. The van der Waals surface area contributed by atoms with Crippen LogP contribution in [0, 0.1) is 6.92 Å². The van der Waals surface area contributed by atoms with Crippen LogP contribution >= 0.6 is 0 Å². The second-order valence-corrected chi connectivity index (χ2v) is 3.60. The zero-order chi connectivity index (χ0) is 11.5. The molecule has 1 aromatic heterocycles. The van der Waals surface area contributed by atoms with E-state index in [4.69, 9.17) is 11.5 Å². The molecule has 0 unspecified atom stereocenters. The number of hydrogen-bond donors (Lipinski definition) is 3. The van der Waals surface area contributed by atoms with Crippen molar-refractivity contribution in [3.8, 4) is 0 Å². The minimum atomic E-state index is 0.360. The van der Waals surface area contributed by atoms with Crippen molar-refractivity contribution in [1.82, 2.24) is 4.98 Å². The summed E-state index contributed by atoms with van der Waals surface area (Å²) < 4.78 is 0. The Labute approximate surface area is 94.3 Å². The van der Waals surface area contributed by atoms with Crippen molar-refractivity contribution in [2.75, 3.05) is 16.8 Å². The maximum Gasteiger partial charge on any atom is 0.149 e. The van der Waals surface area contributed by atoms with Gasteiger partial charge in [-0.25, -0.2) is 4.98 Å². The van der Waals surface area contributed by atoms with Gasteiger partial charge in [-0.3, -0.25) is 0 Å². The zero-order valence-electron chi connectivity index (χ0n) is 9.07. The average Bonchev–Trinajstić information content (AvgIpc) is 2.27. The van der Waals surface area contributed by atoms with Gasteiger partial charge >= 0.3 is 0 Å². The van der Waals surface area contributed by atoms with Crippen LogP contribution in [0.3, 0.4) is 0 Å². The van der Waals surface area contributed by atoms with Crippen molar-refractivity contribution >= 4 is 22.9 Å². The van der Waals surface area contributed by atoms with E-state index < -0.39 is 0 Å². The molecular formula is C12H14N4. The molecule has 0 bridgehead atoms. The van der Waals surface area contributed by atoms with Gasteiger partial charge in [0.2, 0.25) is 0 Å². The predicted octanol–water partition coefficient (Wildman–Crippen LogP) is 2.30. The second-order valence-electron chi connectivity index (χ2n) is 3.60. The molecule has 82 valence electrons. The third kappa shape index (κ3) is 2.06. The van der Waals surface area contributed by atoms with Gasteiger partial charge in [0, 0.05) is 11.4 Å². The third-order valence-corrected chi connectivity index (χ3v) is 2.27. The van der Waals surface area contributed by atoms with Gasteiger partial charge in [0.25, 0.3) is 0 Å². The van der Waals surface area contributed by atoms with Crippen molar-refractivity contribution in [2.24, 2.45) is 0 Å². The fourth-order valence-corrected chi connectivity index (χ4v) is 1.49. The van der Waals surface area contributed by atoms with Gasteiger partial charge < -0.3 is 16.8 Å². The molecule has 0 atom stereocenters. The van der Waals surface area contributed by atoms with Gasteiger partial charge in [0.05, 0.1) is 11.4 Å². The normalized spacial score (nSPS) is 10.1. The fourth-order valence-electron chi connectivity index (χ4n) is 1.49. The lowest BCUT2D eigenvalue weighted by molar-refractivity contribution is 1.21.